The quantitative estimate of drug-likeness (QED) is 0.831. The molecule has 1 saturated heterocycles. The lowest BCUT2D eigenvalue weighted by atomic mass is 9.98. The summed E-state index contributed by atoms with van der Waals surface area (Å²) in [4.78, 5) is 16.3. The number of amides is 1. The van der Waals surface area contributed by atoms with Gasteiger partial charge in [-0.3, -0.25) is 0 Å². The summed E-state index contributed by atoms with van der Waals surface area (Å²) < 4.78 is 5.48. The Morgan fingerprint density at radius 3 is 2.79 bits per heavy atom. The van der Waals surface area contributed by atoms with Gasteiger partial charge in [0.05, 0.1) is 5.69 Å². The van der Waals surface area contributed by atoms with Gasteiger partial charge in [-0.2, -0.15) is 5.10 Å². The summed E-state index contributed by atoms with van der Waals surface area (Å²) in [5, 5.41) is 8.36. The van der Waals surface area contributed by atoms with Crippen molar-refractivity contribution in [2.75, 3.05) is 26.7 Å². The smallest absolute Gasteiger partial charge is 0.410 e. The first kappa shape index (κ1) is 18.9. The number of rotatable bonds is 4. The molecule has 0 N–H and O–H groups in total. The van der Waals surface area contributed by atoms with E-state index in [-0.39, 0.29) is 6.09 Å². The van der Waals surface area contributed by atoms with Crippen LogP contribution in [0.3, 0.4) is 0 Å². The lowest BCUT2D eigenvalue weighted by Gasteiger charge is -2.35. The Labute approximate surface area is 149 Å². The summed E-state index contributed by atoms with van der Waals surface area (Å²) in [6.07, 6.45) is 1.92. The van der Waals surface area contributed by atoms with E-state index in [2.05, 4.69) is 22.1 Å². The van der Waals surface area contributed by atoms with Crippen LogP contribution in [-0.2, 0) is 11.3 Å². The van der Waals surface area contributed by atoms with E-state index >= 15 is 0 Å². The van der Waals surface area contributed by atoms with E-state index in [9.17, 15) is 4.79 Å². The number of nitrogens with zero attached hydrogens (tertiary/aromatic N) is 4. The first-order chi connectivity index (χ1) is 11.2. The Kier molecular flexibility index (Phi) is 6.40. The predicted molar refractivity (Wildman–Crippen MR) is 93.9 cm³/mol. The van der Waals surface area contributed by atoms with Crippen molar-refractivity contribution in [2.24, 2.45) is 5.92 Å². The van der Waals surface area contributed by atoms with Gasteiger partial charge in [0.1, 0.15) is 5.60 Å². The summed E-state index contributed by atoms with van der Waals surface area (Å²) in [7, 11) is 2.06. The Balaban J connectivity index is 1.83. The second-order valence-electron chi connectivity index (χ2n) is 7.48. The van der Waals surface area contributed by atoms with Crippen LogP contribution in [0.1, 0.15) is 39.3 Å². The highest BCUT2D eigenvalue weighted by Gasteiger charge is 2.28. The van der Waals surface area contributed by atoms with E-state index in [4.69, 9.17) is 16.3 Å². The Morgan fingerprint density at radius 1 is 1.42 bits per heavy atom. The molecule has 1 aromatic rings. The SMILES string of the molecule is CN(Cc1ccc(Cl)nn1)C[C@H]1CCCN(C(=O)OC(C)(C)C)C1. The minimum absolute atomic E-state index is 0.210. The molecule has 1 aromatic heterocycles. The van der Waals surface area contributed by atoms with Gasteiger partial charge in [-0.05, 0) is 58.7 Å². The predicted octanol–water partition coefficient (Wildman–Crippen LogP) is 3.21. The highest BCUT2D eigenvalue weighted by Crippen LogP contribution is 2.20. The molecule has 0 radical (unpaired) electrons. The molecule has 0 bridgehead atoms. The van der Waals surface area contributed by atoms with Crippen LogP contribution in [0.4, 0.5) is 4.79 Å². The molecule has 1 aliphatic rings. The van der Waals surface area contributed by atoms with Gasteiger partial charge in [-0.25, -0.2) is 4.79 Å². The first-order valence-electron chi connectivity index (χ1n) is 8.37. The number of hydrogen-bond donors (Lipinski definition) is 0. The summed E-state index contributed by atoms with van der Waals surface area (Å²) in [5.41, 5.74) is 0.440. The number of likely N-dealkylation sites (tertiary alicyclic amines) is 1. The summed E-state index contributed by atoms with van der Waals surface area (Å²) >= 11 is 5.76. The number of ether oxygens (including phenoxy) is 1. The van der Waals surface area contributed by atoms with E-state index in [1.54, 1.807) is 6.07 Å². The van der Waals surface area contributed by atoms with E-state index < -0.39 is 5.60 Å². The largest absolute Gasteiger partial charge is 0.444 e. The molecule has 0 saturated carbocycles. The molecule has 0 aliphatic carbocycles. The molecule has 1 atom stereocenters. The molecular weight excluding hydrogens is 328 g/mol. The van der Waals surface area contributed by atoms with Gasteiger partial charge < -0.3 is 14.5 Å². The number of halogens is 1. The van der Waals surface area contributed by atoms with E-state index in [1.807, 2.05) is 31.7 Å². The normalized spacial score (nSPS) is 18.8. The van der Waals surface area contributed by atoms with Crippen molar-refractivity contribution in [3.05, 3.63) is 23.0 Å². The topological polar surface area (TPSA) is 58.6 Å². The maximum atomic E-state index is 12.2. The van der Waals surface area contributed by atoms with E-state index in [0.29, 0.717) is 17.6 Å². The summed E-state index contributed by atoms with van der Waals surface area (Å²) in [6, 6.07) is 3.64. The summed E-state index contributed by atoms with van der Waals surface area (Å²) in [5.74, 6) is 0.441. The Morgan fingerprint density at radius 2 is 2.17 bits per heavy atom. The van der Waals surface area contributed by atoms with Crippen molar-refractivity contribution >= 4 is 17.7 Å². The number of aromatic nitrogens is 2. The Bertz CT molecular complexity index is 545. The van der Waals surface area contributed by atoms with Crippen LogP contribution in [0.2, 0.25) is 5.15 Å². The minimum Gasteiger partial charge on any atom is -0.444 e. The molecule has 2 rings (SSSR count). The Hall–Kier alpha value is -1.40. The van der Waals surface area contributed by atoms with Crippen molar-refractivity contribution in [3.63, 3.8) is 0 Å². The van der Waals surface area contributed by atoms with Gasteiger partial charge >= 0.3 is 6.09 Å². The fraction of sp³-hybridized carbons (Fsp3) is 0.706. The fourth-order valence-electron chi connectivity index (χ4n) is 2.92. The van der Waals surface area contributed by atoms with Gasteiger partial charge in [0.25, 0.3) is 0 Å². The molecule has 0 unspecified atom stereocenters. The zero-order chi connectivity index (χ0) is 17.7. The molecule has 0 spiro atoms. The third-order valence-electron chi connectivity index (χ3n) is 3.86. The van der Waals surface area contributed by atoms with Gasteiger partial charge in [0.2, 0.25) is 0 Å². The lowest BCUT2D eigenvalue weighted by Crippen LogP contribution is -2.45. The zero-order valence-corrected chi connectivity index (χ0v) is 15.7. The first-order valence-corrected chi connectivity index (χ1v) is 8.75. The fourth-order valence-corrected chi connectivity index (χ4v) is 3.02. The van der Waals surface area contributed by atoms with Gasteiger partial charge in [-0.15, -0.1) is 5.10 Å². The van der Waals surface area contributed by atoms with Crippen molar-refractivity contribution in [1.82, 2.24) is 20.0 Å². The molecule has 1 amide bonds. The molecular formula is C17H27ClN4O2. The molecule has 134 valence electrons. The number of carbonyl (C=O) groups is 1. The van der Waals surface area contributed by atoms with Crippen LogP contribution in [0.25, 0.3) is 0 Å². The third kappa shape index (κ3) is 6.24. The molecule has 24 heavy (non-hydrogen) atoms. The van der Waals surface area contributed by atoms with Crippen molar-refractivity contribution in [3.8, 4) is 0 Å². The molecule has 1 fully saturated rings. The highest BCUT2D eigenvalue weighted by atomic mass is 35.5. The van der Waals surface area contributed by atoms with Crippen LogP contribution in [0, 0.1) is 5.92 Å². The van der Waals surface area contributed by atoms with E-state index in [0.717, 1.165) is 38.2 Å². The molecule has 7 heteroatoms. The van der Waals surface area contributed by atoms with Crippen LogP contribution in [-0.4, -0.2) is 58.4 Å². The van der Waals surface area contributed by atoms with Crippen LogP contribution in [0.15, 0.2) is 12.1 Å². The second kappa shape index (κ2) is 8.12. The second-order valence-corrected chi connectivity index (χ2v) is 7.87. The van der Waals surface area contributed by atoms with Crippen LogP contribution in [0.5, 0.6) is 0 Å². The van der Waals surface area contributed by atoms with E-state index in [1.165, 1.54) is 0 Å². The number of hydrogen-bond acceptors (Lipinski definition) is 5. The maximum Gasteiger partial charge on any atom is 0.410 e. The average Bonchev–Trinajstić information content (AvgIpc) is 2.48. The number of carbonyl (C=O) groups excluding carboxylic acids is 1. The van der Waals surface area contributed by atoms with Crippen molar-refractivity contribution < 1.29 is 9.53 Å². The van der Waals surface area contributed by atoms with Gasteiger partial charge in [0, 0.05) is 26.2 Å². The highest BCUT2D eigenvalue weighted by molar-refractivity contribution is 6.29. The molecule has 0 aromatic carbocycles. The number of piperidine rings is 1. The van der Waals surface area contributed by atoms with Crippen LogP contribution >= 0.6 is 11.6 Å². The third-order valence-corrected chi connectivity index (χ3v) is 4.06. The van der Waals surface area contributed by atoms with Crippen LogP contribution < -0.4 is 0 Å². The zero-order valence-electron chi connectivity index (χ0n) is 15.0. The molecule has 1 aliphatic heterocycles. The standard InChI is InChI=1S/C17H27ClN4O2/c1-17(2,3)24-16(23)22-9-5-6-13(11-22)10-21(4)12-14-7-8-15(18)20-19-14/h7-8,13H,5-6,9-12H2,1-4H3/t13-/m1/s1. The summed E-state index contributed by atoms with van der Waals surface area (Å²) in [6.45, 7) is 8.83. The average molecular weight is 355 g/mol. The van der Waals surface area contributed by atoms with Crippen molar-refractivity contribution in [1.29, 1.82) is 0 Å². The molecule has 6 nitrogen and oxygen atoms in total. The van der Waals surface area contributed by atoms with Crippen molar-refractivity contribution in [2.45, 2.75) is 45.8 Å². The maximum absolute atomic E-state index is 12.2. The van der Waals surface area contributed by atoms with Gasteiger partial charge in [0.15, 0.2) is 5.15 Å². The lowest BCUT2D eigenvalue weighted by molar-refractivity contribution is 0.0147. The molecule has 2 heterocycles. The monoisotopic (exact) mass is 354 g/mol. The minimum atomic E-state index is -0.450. The van der Waals surface area contributed by atoms with Gasteiger partial charge in [-0.1, -0.05) is 11.6 Å².